The number of nitrogens with one attached hydrogen (secondary N) is 2. The maximum Gasteiger partial charge on any atom is 0.258 e. The molecule has 0 atom stereocenters. The lowest BCUT2D eigenvalue weighted by molar-refractivity contribution is -0.131. The molecule has 0 saturated carbocycles. The lowest BCUT2D eigenvalue weighted by Crippen LogP contribution is -2.32. The molecule has 2 heterocycles. The SMILES string of the molecule is CCN(Cc1nc2cc(OC)c(OC)cc2c(=O)[nH]1)C(=O)CCc1nc2ccccc2c(=O)[nH]1. The van der Waals surface area contributed by atoms with Gasteiger partial charge in [0.1, 0.15) is 11.6 Å². The maximum atomic E-state index is 12.9. The van der Waals surface area contributed by atoms with Gasteiger partial charge in [-0.2, -0.15) is 0 Å². The summed E-state index contributed by atoms with van der Waals surface area (Å²) < 4.78 is 10.6. The standard InChI is InChI=1S/C24H25N5O5/c1-4-29(22(30)10-9-20-25-16-8-6-5-7-14(16)23(31)27-20)13-21-26-17-12-19(34-3)18(33-2)11-15(17)24(32)28-21/h5-8,11-12H,4,9-10,13H2,1-3H3,(H,25,27,31)(H,26,28,32). The Kier molecular flexibility index (Phi) is 6.58. The van der Waals surface area contributed by atoms with Crippen LogP contribution >= 0.6 is 0 Å². The molecule has 2 aromatic heterocycles. The Bertz CT molecular complexity index is 1480. The van der Waals surface area contributed by atoms with Crippen molar-refractivity contribution in [2.45, 2.75) is 26.3 Å². The molecule has 0 unspecified atom stereocenters. The normalized spacial score (nSPS) is 11.0. The Balaban J connectivity index is 1.52. The average Bonchev–Trinajstić information content (AvgIpc) is 2.85. The second-order valence-electron chi connectivity index (χ2n) is 7.67. The largest absolute Gasteiger partial charge is 0.493 e. The van der Waals surface area contributed by atoms with Crippen LogP contribution in [0.3, 0.4) is 0 Å². The summed E-state index contributed by atoms with van der Waals surface area (Å²) in [6, 6.07) is 10.3. The van der Waals surface area contributed by atoms with Crippen LogP contribution < -0.4 is 20.6 Å². The number of carbonyl (C=O) groups excluding carboxylic acids is 1. The van der Waals surface area contributed by atoms with Crippen LogP contribution in [0.1, 0.15) is 25.0 Å². The number of hydrogen-bond acceptors (Lipinski definition) is 7. The summed E-state index contributed by atoms with van der Waals surface area (Å²) in [6.07, 6.45) is 0.437. The average molecular weight is 463 g/mol. The molecule has 0 bridgehead atoms. The molecular formula is C24H25N5O5. The fourth-order valence-corrected chi connectivity index (χ4v) is 3.78. The van der Waals surface area contributed by atoms with Crippen molar-refractivity contribution in [3.8, 4) is 11.5 Å². The van der Waals surface area contributed by atoms with Crippen LogP contribution in [0.4, 0.5) is 0 Å². The molecule has 0 radical (unpaired) electrons. The summed E-state index contributed by atoms with van der Waals surface area (Å²) in [4.78, 5) is 53.8. The molecule has 2 aromatic carbocycles. The number of fused-ring (bicyclic) bond motifs is 2. The van der Waals surface area contributed by atoms with Crippen molar-refractivity contribution in [3.63, 3.8) is 0 Å². The van der Waals surface area contributed by atoms with Gasteiger partial charge in [0.05, 0.1) is 42.6 Å². The molecule has 0 saturated heterocycles. The number of para-hydroxylation sites is 1. The van der Waals surface area contributed by atoms with Gasteiger partial charge >= 0.3 is 0 Å². The third-order valence-electron chi connectivity index (χ3n) is 5.57. The summed E-state index contributed by atoms with van der Waals surface area (Å²) in [5.41, 5.74) is 0.469. The molecule has 34 heavy (non-hydrogen) atoms. The number of amides is 1. The van der Waals surface area contributed by atoms with Crippen molar-refractivity contribution in [3.05, 3.63) is 68.8 Å². The van der Waals surface area contributed by atoms with E-state index in [1.165, 1.54) is 14.2 Å². The fourth-order valence-electron chi connectivity index (χ4n) is 3.78. The lowest BCUT2D eigenvalue weighted by Gasteiger charge is -2.20. The highest BCUT2D eigenvalue weighted by molar-refractivity contribution is 5.82. The van der Waals surface area contributed by atoms with E-state index in [9.17, 15) is 14.4 Å². The zero-order valence-electron chi connectivity index (χ0n) is 19.2. The second-order valence-corrected chi connectivity index (χ2v) is 7.67. The molecule has 10 nitrogen and oxygen atoms in total. The molecule has 4 rings (SSSR count). The first-order valence-electron chi connectivity index (χ1n) is 10.8. The fraction of sp³-hybridized carbons (Fsp3) is 0.292. The zero-order valence-corrected chi connectivity index (χ0v) is 19.2. The third-order valence-corrected chi connectivity index (χ3v) is 5.57. The number of carbonyl (C=O) groups is 1. The topological polar surface area (TPSA) is 130 Å². The van der Waals surface area contributed by atoms with E-state index in [0.29, 0.717) is 51.5 Å². The molecule has 10 heteroatoms. The summed E-state index contributed by atoms with van der Waals surface area (Å²) >= 11 is 0. The van der Waals surface area contributed by atoms with Gasteiger partial charge in [0, 0.05) is 25.5 Å². The molecular weight excluding hydrogens is 438 g/mol. The number of hydrogen-bond donors (Lipinski definition) is 2. The van der Waals surface area contributed by atoms with Gasteiger partial charge in [-0.3, -0.25) is 14.4 Å². The van der Waals surface area contributed by atoms with Crippen LogP contribution in [0.2, 0.25) is 0 Å². The van der Waals surface area contributed by atoms with Crippen molar-refractivity contribution >= 4 is 27.7 Å². The Morgan fingerprint density at radius 2 is 1.56 bits per heavy atom. The lowest BCUT2D eigenvalue weighted by atomic mass is 10.2. The van der Waals surface area contributed by atoms with Gasteiger partial charge in [-0.1, -0.05) is 12.1 Å². The monoisotopic (exact) mass is 463 g/mol. The van der Waals surface area contributed by atoms with Crippen molar-refractivity contribution < 1.29 is 14.3 Å². The van der Waals surface area contributed by atoms with E-state index in [-0.39, 0.29) is 36.4 Å². The Morgan fingerprint density at radius 3 is 2.29 bits per heavy atom. The summed E-state index contributed by atoms with van der Waals surface area (Å²) in [7, 11) is 3.00. The number of methoxy groups -OCH3 is 2. The van der Waals surface area contributed by atoms with Crippen LogP contribution in [-0.4, -0.2) is 51.5 Å². The molecule has 2 N–H and O–H groups in total. The smallest absolute Gasteiger partial charge is 0.258 e. The van der Waals surface area contributed by atoms with E-state index in [2.05, 4.69) is 19.9 Å². The van der Waals surface area contributed by atoms with E-state index in [0.717, 1.165) is 0 Å². The van der Waals surface area contributed by atoms with E-state index in [1.807, 2.05) is 13.0 Å². The minimum Gasteiger partial charge on any atom is -0.493 e. The first kappa shape index (κ1) is 23.0. The molecule has 0 aliphatic heterocycles. The molecule has 0 fully saturated rings. The Morgan fingerprint density at radius 1 is 0.912 bits per heavy atom. The van der Waals surface area contributed by atoms with Crippen molar-refractivity contribution in [2.75, 3.05) is 20.8 Å². The van der Waals surface area contributed by atoms with Gasteiger partial charge in [0.15, 0.2) is 11.5 Å². The highest BCUT2D eigenvalue weighted by Crippen LogP contribution is 2.30. The van der Waals surface area contributed by atoms with Gasteiger partial charge in [-0.05, 0) is 25.1 Å². The van der Waals surface area contributed by atoms with Crippen molar-refractivity contribution in [1.82, 2.24) is 24.8 Å². The number of benzene rings is 2. The van der Waals surface area contributed by atoms with Crippen LogP contribution in [0.5, 0.6) is 11.5 Å². The zero-order chi connectivity index (χ0) is 24.2. The third kappa shape index (κ3) is 4.61. The van der Waals surface area contributed by atoms with Crippen LogP contribution in [0.15, 0.2) is 46.0 Å². The van der Waals surface area contributed by atoms with Gasteiger partial charge in [-0.15, -0.1) is 0 Å². The second kappa shape index (κ2) is 9.74. The number of aromatic amines is 2. The van der Waals surface area contributed by atoms with E-state index in [4.69, 9.17) is 9.47 Å². The first-order chi connectivity index (χ1) is 16.4. The number of aryl methyl sites for hydroxylation is 1. The van der Waals surface area contributed by atoms with Crippen LogP contribution in [0.25, 0.3) is 21.8 Å². The van der Waals surface area contributed by atoms with E-state index in [1.54, 1.807) is 35.2 Å². The number of rotatable bonds is 8. The van der Waals surface area contributed by atoms with Crippen molar-refractivity contribution in [2.24, 2.45) is 0 Å². The van der Waals surface area contributed by atoms with Crippen LogP contribution in [0, 0.1) is 0 Å². The molecule has 1 amide bonds. The quantitative estimate of drug-likeness (QED) is 0.409. The predicted octanol–water partition coefficient (Wildman–Crippen LogP) is 2.16. The highest BCUT2D eigenvalue weighted by atomic mass is 16.5. The summed E-state index contributed by atoms with van der Waals surface area (Å²) in [5.74, 6) is 1.55. The minimum absolute atomic E-state index is 0.135. The number of ether oxygens (including phenoxy) is 2. The predicted molar refractivity (Wildman–Crippen MR) is 127 cm³/mol. The van der Waals surface area contributed by atoms with Crippen molar-refractivity contribution in [1.29, 1.82) is 0 Å². The van der Waals surface area contributed by atoms with Gasteiger partial charge < -0.3 is 24.3 Å². The summed E-state index contributed by atoms with van der Waals surface area (Å²) in [5, 5.41) is 0.871. The number of aromatic nitrogens is 4. The molecule has 4 aromatic rings. The number of H-pyrrole nitrogens is 2. The molecule has 0 spiro atoms. The first-order valence-corrected chi connectivity index (χ1v) is 10.8. The molecule has 0 aliphatic rings. The van der Waals surface area contributed by atoms with Crippen LogP contribution in [-0.2, 0) is 17.8 Å². The van der Waals surface area contributed by atoms with Gasteiger partial charge in [0.25, 0.3) is 11.1 Å². The summed E-state index contributed by atoms with van der Waals surface area (Å²) in [6.45, 7) is 2.41. The minimum atomic E-state index is -0.331. The Hall–Kier alpha value is -4.21. The molecule has 0 aliphatic carbocycles. The Labute approximate surface area is 194 Å². The van der Waals surface area contributed by atoms with E-state index >= 15 is 0 Å². The number of nitrogens with zero attached hydrogens (tertiary/aromatic N) is 3. The van der Waals surface area contributed by atoms with Gasteiger partial charge in [-0.25, -0.2) is 9.97 Å². The molecule has 176 valence electrons. The highest BCUT2D eigenvalue weighted by Gasteiger charge is 2.17. The maximum absolute atomic E-state index is 12.9. The van der Waals surface area contributed by atoms with Gasteiger partial charge in [0.2, 0.25) is 5.91 Å². The van der Waals surface area contributed by atoms with E-state index < -0.39 is 0 Å².